The maximum absolute atomic E-state index is 12.1. The molecular formula is C14H16N4O. The highest BCUT2D eigenvalue weighted by Gasteiger charge is 2.14. The zero-order valence-electron chi connectivity index (χ0n) is 10.9. The Hall–Kier alpha value is -2.37. The summed E-state index contributed by atoms with van der Waals surface area (Å²) in [5.41, 5.74) is 6.36. The molecule has 0 saturated heterocycles. The lowest BCUT2D eigenvalue weighted by Crippen LogP contribution is -2.32. The Balaban J connectivity index is 2.79. The molecule has 0 aliphatic heterocycles. The number of amides is 1. The zero-order valence-corrected chi connectivity index (χ0v) is 10.9. The van der Waals surface area contributed by atoms with Gasteiger partial charge < -0.3 is 10.6 Å². The van der Waals surface area contributed by atoms with Crippen LogP contribution in [-0.2, 0) is 0 Å². The Morgan fingerprint density at radius 3 is 2.84 bits per heavy atom. The normalized spacial score (nSPS) is 9.11. The summed E-state index contributed by atoms with van der Waals surface area (Å²) in [6.07, 6.45) is 1.87. The first kappa shape index (κ1) is 14.7. The Labute approximate surface area is 113 Å². The van der Waals surface area contributed by atoms with Crippen molar-refractivity contribution in [2.24, 2.45) is 5.73 Å². The van der Waals surface area contributed by atoms with Crippen LogP contribution in [0.25, 0.3) is 0 Å². The standard InChI is InChI=1S/C14H16N4O/c1-2-18(10-4-9-16)14(19)13-7-6-12(11-17-13)5-3-8-15/h6-7,11H,2,4,8,10,15H2,1H3. The number of rotatable bonds is 4. The molecule has 0 bridgehead atoms. The van der Waals surface area contributed by atoms with Crippen LogP contribution in [-0.4, -0.2) is 35.4 Å². The van der Waals surface area contributed by atoms with Crippen molar-refractivity contribution in [2.45, 2.75) is 13.3 Å². The van der Waals surface area contributed by atoms with E-state index in [1.807, 2.05) is 13.0 Å². The van der Waals surface area contributed by atoms with E-state index >= 15 is 0 Å². The highest BCUT2D eigenvalue weighted by Crippen LogP contribution is 2.04. The van der Waals surface area contributed by atoms with Crippen LogP contribution in [0.2, 0.25) is 0 Å². The van der Waals surface area contributed by atoms with E-state index in [1.54, 1.807) is 23.2 Å². The molecule has 1 heterocycles. The fourth-order valence-corrected chi connectivity index (χ4v) is 1.50. The largest absolute Gasteiger partial charge is 0.337 e. The first-order valence-electron chi connectivity index (χ1n) is 6.04. The predicted molar refractivity (Wildman–Crippen MR) is 72.0 cm³/mol. The van der Waals surface area contributed by atoms with Crippen LogP contribution in [0, 0.1) is 23.2 Å². The fourth-order valence-electron chi connectivity index (χ4n) is 1.50. The van der Waals surface area contributed by atoms with Gasteiger partial charge >= 0.3 is 0 Å². The van der Waals surface area contributed by atoms with E-state index in [4.69, 9.17) is 11.0 Å². The third-order valence-corrected chi connectivity index (χ3v) is 2.48. The molecule has 0 saturated carbocycles. The minimum Gasteiger partial charge on any atom is -0.337 e. The number of hydrogen-bond acceptors (Lipinski definition) is 4. The van der Waals surface area contributed by atoms with Crippen molar-refractivity contribution in [2.75, 3.05) is 19.6 Å². The summed E-state index contributed by atoms with van der Waals surface area (Å²) in [6, 6.07) is 5.40. The minimum absolute atomic E-state index is 0.170. The molecule has 0 unspecified atom stereocenters. The number of pyridine rings is 1. The monoisotopic (exact) mass is 256 g/mol. The molecule has 5 heteroatoms. The topological polar surface area (TPSA) is 83.0 Å². The third-order valence-electron chi connectivity index (χ3n) is 2.48. The van der Waals surface area contributed by atoms with Crippen LogP contribution < -0.4 is 5.73 Å². The van der Waals surface area contributed by atoms with Crippen molar-refractivity contribution in [3.05, 3.63) is 29.6 Å². The summed E-state index contributed by atoms with van der Waals surface area (Å²) < 4.78 is 0. The van der Waals surface area contributed by atoms with Gasteiger partial charge in [-0.1, -0.05) is 11.8 Å². The molecule has 0 aliphatic rings. The van der Waals surface area contributed by atoms with E-state index in [-0.39, 0.29) is 5.91 Å². The third kappa shape index (κ3) is 4.42. The summed E-state index contributed by atoms with van der Waals surface area (Å²) in [5.74, 6) is 5.39. The lowest BCUT2D eigenvalue weighted by Gasteiger charge is -2.18. The molecule has 98 valence electrons. The molecule has 1 aromatic rings. The maximum atomic E-state index is 12.1. The van der Waals surface area contributed by atoms with Crippen LogP contribution in [0.5, 0.6) is 0 Å². The van der Waals surface area contributed by atoms with E-state index in [0.29, 0.717) is 31.7 Å². The van der Waals surface area contributed by atoms with Gasteiger partial charge in [-0.25, -0.2) is 4.98 Å². The van der Waals surface area contributed by atoms with Gasteiger partial charge in [0.15, 0.2) is 0 Å². The number of nitriles is 1. The summed E-state index contributed by atoms with van der Waals surface area (Å²) in [5, 5.41) is 8.55. The fraction of sp³-hybridized carbons (Fsp3) is 0.357. The van der Waals surface area contributed by atoms with Gasteiger partial charge in [0.05, 0.1) is 19.0 Å². The van der Waals surface area contributed by atoms with E-state index in [1.165, 1.54) is 0 Å². The molecule has 1 amide bonds. The van der Waals surface area contributed by atoms with Crippen molar-refractivity contribution in [1.82, 2.24) is 9.88 Å². The number of hydrogen-bond donors (Lipinski definition) is 1. The Bertz CT molecular complexity index is 519. The zero-order chi connectivity index (χ0) is 14.1. The van der Waals surface area contributed by atoms with Crippen LogP contribution in [0.3, 0.4) is 0 Å². The van der Waals surface area contributed by atoms with Crippen molar-refractivity contribution < 1.29 is 4.79 Å². The second-order valence-electron chi connectivity index (χ2n) is 3.73. The lowest BCUT2D eigenvalue weighted by atomic mass is 10.2. The number of nitrogens with zero attached hydrogens (tertiary/aromatic N) is 3. The first-order chi connectivity index (χ1) is 9.22. The second-order valence-corrected chi connectivity index (χ2v) is 3.73. The molecule has 1 aromatic heterocycles. The lowest BCUT2D eigenvalue weighted by molar-refractivity contribution is 0.0762. The molecule has 19 heavy (non-hydrogen) atoms. The molecular weight excluding hydrogens is 240 g/mol. The van der Waals surface area contributed by atoms with Crippen molar-refractivity contribution in [3.63, 3.8) is 0 Å². The average molecular weight is 256 g/mol. The van der Waals surface area contributed by atoms with E-state index < -0.39 is 0 Å². The Morgan fingerprint density at radius 1 is 1.53 bits per heavy atom. The van der Waals surface area contributed by atoms with Crippen molar-refractivity contribution >= 4 is 5.91 Å². The molecule has 1 rings (SSSR count). The Morgan fingerprint density at radius 2 is 2.32 bits per heavy atom. The Kier molecular flexibility index (Phi) is 6.08. The molecule has 0 spiro atoms. The van der Waals surface area contributed by atoms with Crippen LogP contribution >= 0.6 is 0 Å². The van der Waals surface area contributed by atoms with Gasteiger partial charge in [0.25, 0.3) is 5.91 Å². The van der Waals surface area contributed by atoms with Crippen LogP contribution in [0.1, 0.15) is 29.4 Å². The molecule has 0 atom stereocenters. The molecule has 5 nitrogen and oxygen atoms in total. The number of aromatic nitrogens is 1. The van der Waals surface area contributed by atoms with Gasteiger partial charge in [-0.05, 0) is 19.1 Å². The van der Waals surface area contributed by atoms with Crippen LogP contribution in [0.15, 0.2) is 18.3 Å². The minimum atomic E-state index is -0.170. The molecule has 0 aliphatic carbocycles. The summed E-state index contributed by atoms with van der Waals surface area (Å²) >= 11 is 0. The summed E-state index contributed by atoms with van der Waals surface area (Å²) in [7, 11) is 0. The van der Waals surface area contributed by atoms with Gasteiger partial charge in [0.1, 0.15) is 5.69 Å². The van der Waals surface area contributed by atoms with Gasteiger partial charge in [-0.2, -0.15) is 5.26 Å². The average Bonchev–Trinajstić information content (AvgIpc) is 2.46. The molecule has 0 radical (unpaired) electrons. The van der Waals surface area contributed by atoms with Crippen LogP contribution in [0.4, 0.5) is 0 Å². The van der Waals surface area contributed by atoms with Gasteiger partial charge in [0, 0.05) is 24.8 Å². The first-order valence-corrected chi connectivity index (χ1v) is 6.04. The molecule has 0 aromatic carbocycles. The smallest absolute Gasteiger partial charge is 0.272 e. The van der Waals surface area contributed by atoms with Gasteiger partial charge in [-0.15, -0.1) is 0 Å². The maximum Gasteiger partial charge on any atom is 0.272 e. The SMILES string of the molecule is CCN(CCC#N)C(=O)c1ccc(C#CCN)cn1. The van der Waals surface area contributed by atoms with E-state index in [2.05, 4.69) is 16.8 Å². The summed E-state index contributed by atoms with van der Waals surface area (Å²) in [4.78, 5) is 17.8. The summed E-state index contributed by atoms with van der Waals surface area (Å²) in [6.45, 7) is 3.13. The number of carbonyl (C=O) groups excluding carboxylic acids is 1. The molecule has 2 N–H and O–H groups in total. The van der Waals surface area contributed by atoms with Crippen molar-refractivity contribution in [1.29, 1.82) is 5.26 Å². The second kappa shape index (κ2) is 7.86. The number of nitrogens with two attached hydrogens (primary N) is 1. The highest BCUT2D eigenvalue weighted by atomic mass is 16.2. The predicted octanol–water partition coefficient (Wildman–Crippen LogP) is 0.768. The highest BCUT2D eigenvalue weighted by molar-refractivity contribution is 5.92. The number of carbonyl (C=O) groups is 1. The quantitative estimate of drug-likeness (QED) is 0.806. The van der Waals surface area contributed by atoms with Gasteiger partial charge in [-0.3, -0.25) is 4.79 Å². The van der Waals surface area contributed by atoms with E-state index in [0.717, 1.165) is 5.56 Å². The van der Waals surface area contributed by atoms with E-state index in [9.17, 15) is 4.79 Å². The van der Waals surface area contributed by atoms with Gasteiger partial charge in [0.2, 0.25) is 0 Å². The molecule has 0 fully saturated rings. The van der Waals surface area contributed by atoms with Crippen molar-refractivity contribution in [3.8, 4) is 17.9 Å².